The summed E-state index contributed by atoms with van der Waals surface area (Å²) in [6, 6.07) is 4.28. The number of nitrogens with zero attached hydrogens (tertiary/aromatic N) is 1. The molecule has 1 aromatic carbocycles. The van der Waals surface area contributed by atoms with Crippen molar-refractivity contribution in [3.8, 4) is 5.75 Å². The van der Waals surface area contributed by atoms with Gasteiger partial charge in [0.15, 0.2) is 0 Å². The number of benzene rings is 1. The van der Waals surface area contributed by atoms with E-state index in [0.29, 0.717) is 5.75 Å². The van der Waals surface area contributed by atoms with Crippen LogP contribution < -0.4 is 4.74 Å². The van der Waals surface area contributed by atoms with E-state index in [4.69, 9.17) is 4.74 Å². The van der Waals surface area contributed by atoms with E-state index in [9.17, 15) is 9.18 Å². The third-order valence-corrected chi connectivity index (χ3v) is 1.88. The highest BCUT2D eigenvalue weighted by Gasteiger charge is 2.02. The Kier molecular flexibility index (Phi) is 4.44. The van der Waals surface area contributed by atoms with Crippen LogP contribution in [-0.4, -0.2) is 32.9 Å². The minimum absolute atomic E-state index is 0.132. The molecule has 0 fully saturated rings. The fourth-order valence-corrected chi connectivity index (χ4v) is 1.03. The normalized spacial score (nSPS) is 10.4. The zero-order valence-corrected chi connectivity index (χ0v) is 9.07. The zero-order valence-electron chi connectivity index (χ0n) is 9.07. The smallest absolute Gasteiger partial charge is 0.327 e. The van der Waals surface area contributed by atoms with E-state index < -0.39 is 11.8 Å². The Morgan fingerprint density at radius 2 is 2.25 bits per heavy atom. The van der Waals surface area contributed by atoms with Crippen molar-refractivity contribution >= 4 is 12.2 Å². The molecule has 0 radical (unpaired) electrons. The van der Waals surface area contributed by atoms with Gasteiger partial charge in [-0.05, 0) is 18.2 Å². The Hall–Kier alpha value is -1.91. The van der Waals surface area contributed by atoms with Gasteiger partial charge in [0, 0.05) is 11.8 Å². The number of esters is 1. The number of methoxy groups -OCH3 is 2. The van der Waals surface area contributed by atoms with Gasteiger partial charge in [0.25, 0.3) is 0 Å². The molecule has 0 heterocycles. The Bertz CT molecular complexity index is 404. The summed E-state index contributed by atoms with van der Waals surface area (Å²) in [5.41, 5.74) is 0.267. The first-order chi connectivity index (χ1) is 7.67. The van der Waals surface area contributed by atoms with Crippen LogP contribution in [0.3, 0.4) is 0 Å². The third kappa shape index (κ3) is 3.34. The Morgan fingerprint density at radius 1 is 1.50 bits per heavy atom. The fraction of sp³-hybridized carbons (Fsp3) is 0.273. The van der Waals surface area contributed by atoms with Crippen molar-refractivity contribution in [2.24, 2.45) is 4.99 Å². The van der Waals surface area contributed by atoms with Crippen LogP contribution in [0.25, 0.3) is 0 Å². The molecule has 0 aromatic heterocycles. The Morgan fingerprint density at radius 3 is 2.88 bits per heavy atom. The summed E-state index contributed by atoms with van der Waals surface area (Å²) in [6.45, 7) is -0.132. The highest BCUT2D eigenvalue weighted by atomic mass is 19.1. The predicted octanol–water partition coefficient (Wildman–Crippen LogP) is 1.43. The van der Waals surface area contributed by atoms with E-state index in [-0.39, 0.29) is 12.1 Å². The molecule has 0 saturated carbocycles. The number of hydrogen-bond acceptors (Lipinski definition) is 4. The minimum atomic E-state index is -0.473. The zero-order chi connectivity index (χ0) is 12.0. The summed E-state index contributed by atoms with van der Waals surface area (Å²) in [6.07, 6.45) is 1.27. The number of rotatable bonds is 4. The van der Waals surface area contributed by atoms with E-state index in [1.54, 1.807) is 0 Å². The number of aliphatic imine (C=N–C) groups is 1. The lowest BCUT2D eigenvalue weighted by Crippen LogP contribution is -2.04. The largest absolute Gasteiger partial charge is 0.497 e. The molecule has 1 rings (SSSR count). The molecule has 0 amide bonds. The molecular weight excluding hydrogens is 213 g/mol. The number of ether oxygens (including phenoxy) is 2. The summed E-state index contributed by atoms with van der Waals surface area (Å²) in [7, 11) is 2.76. The molecule has 0 bridgehead atoms. The van der Waals surface area contributed by atoms with Crippen LogP contribution in [0.4, 0.5) is 4.39 Å². The Balaban J connectivity index is 2.75. The van der Waals surface area contributed by atoms with Gasteiger partial charge < -0.3 is 9.47 Å². The molecule has 0 aliphatic heterocycles. The van der Waals surface area contributed by atoms with Crippen molar-refractivity contribution in [1.82, 2.24) is 0 Å². The average molecular weight is 225 g/mol. The number of hydrogen-bond donors (Lipinski definition) is 0. The molecule has 4 nitrogen and oxygen atoms in total. The van der Waals surface area contributed by atoms with Crippen LogP contribution in [0.15, 0.2) is 23.2 Å². The molecule has 16 heavy (non-hydrogen) atoms. The van der Waals surface area contributed by atoms with Crippen molar-refractivity contribution in [2.45, 2.75) is 0 Å². The first-order valence-corrected chi connectivity index (χ1v) is 4.57. The van der Waals surface area contributed by atoms with Gasteiger partial charge in [-0.3, -0.25) is 9.79 Å². The summed E-state index contributed by atoms with van der Waals surface area (Å²) in [5.74, 6) is -0.366. The van der Waals surface area contributed by atoms with Gasteiger partial charge in [0.1, 0.15) is 18.1 Å². The molecule has 0 spiro atoms. The number of halogens is 1. The molecule has 86 valence electrons. The van der Waals surface area contributed by atoms with Crippen molar-refractivity contribution < 1.29 is 18.7 Å². The second kappa shape index (κ2) is 5.85. The molecule has 0 saturated heterocycles. The first kappa shape index (κ1) is 12.2. The maximum Gasteiger partial charge on any atom is 0.327 e. The van der Waals surface area contributed by atoms with E-state index in [1.165, 1.54) is 38.6 Å². The molecular formula is C11H12FNO3. The lowest BCUT2D eigenvalue weighted by atomic mass is 10.2. The molecule has 0 aliphatic rings. The van der Waals surface area contributed by atoms with Crippen LogP contribution in [0.5, 0.6) is 5.75 Å². The standard InChI is InChI=1S/C11H12FNO3/c1-15-9-3-4-10(12)8(5-9)6-13-7-11(14)16-2/h3-6H,7H2,1-2H3. The topological polar surface area (TPSA) is 47.9 Å². The van der Waals surface area contributed by atoms with Crippen molar-refractivity contribution in [3.05, 3.63) is 29.6 Å². The quantitative estimate of drug-likeness (QED) is 0.575. The van der Waals surface area contributed by atoms with Crippen LogP contribution in [0.1, 0.15) is 5.56 Å². The van der Waals surface area contributed by atoms with Gasteiger partial charge >= 0.3 is 5.97 Å². The van der Waals surface area contributed by atoms with Crippen LogP contribution in [-0.2, 0) is 9.53 Å². The van der Waals surface area contributed by atoms with Crippen LogP contribution >= 0.6 is 0 Å². The van der Waals surface area contributed by atoms with Gasteiger partial charge in [-0.1, -0.05) is 0 Å². The Labute approximate surface area is 92.7 Å². The van der Waals surface area contributed by atoms with E-state index in [0.717, 1.165) is 0 Å². The molecule has 0 unspecified atom stereocenters. The third-order valence-electron chi connectivity index (χ3n) is 1.88. The van der Waals surface area contributed by atoms with Crippen molar-refractivity contribution in [1.29, 1.82) is 0 Å². The molecule has 0 atom stereocenters. The van der Waals surface area contributed by atoms with Gasteiger partial charge in [0.2, 0.25) is 0 Å². The van der Waals surface area contributed by atoms with Crippen molar-refractivity contribution in [2.75, 3.05) is 20.8 Å². The molecule has 0 aliphatic carbocycles. The maximum atomic E-state index is 13.2. The highest BCUT2D eigenvalue weighted by molar-refractivity contribution is 5.83. The van der Waals surface area contributed by atoms with E-state index in [2.05, 4.69) is 9.73 Å². The molecule has 0 N–H and O–H groups in total. The van der Waals surface area contributed by atoms with Crippen LogP contribution in [0.2, 0.25) is 0 Å². The van der Waals surface area contributed by atoms with Crippen molar-refractivity contribution in [3.63, 3.8) is 0 Å². The second-order valence-electron chi connectivity index (χ2n) is 2.93. The molecule has 5 heteroatoms. The van der Waals surface area contributed by atoms with Gasteiger partial charge in [-0.25, -0.2) is 4.39 Å². The summed E-state index contributed by atoms with van der Waals surface area (Å²) in [4.78, 5) is 14.5. The molecule has 1 aromatic rings. The average Bonchev–Trinajstić information content (AvgIpc) is 2.31. The van der Waals surface area contributed by atoms with Crippen LogP contribution in [0, 0.1) is 5.82 Å². The monoisotopic (exact) mass is 225 g/mol. The van der Waals surface area contributed by atoms with Gasteiger partial charge in [-0.15, -0.1) is 0 Å². The number of carbonyl (C=O) groups is 1. The summed E-state index contributed by atoms with van der Waals surface area (Å²) < 4.78 is 22.6. The SMILES string of the molecule is COC(=O)CN=Cc1cc(OC)ccc1F. The van der Waals surface area contributed by atoms with E-state index >= 15 is 0 Å². The number of carbonyl (C=O) groups excluding carboxylic acids is 1. The second-order valence-corrected chi connectivity index (χ2v) is 2.93. The first-order valence-electron chi connectivity index (χ1n) is 4.57. The maximum absolute atomic E-state index is 13.2. The summed E-state index contributed by atoms with van der Waals surface area (Å²) >= 11 is 0. The lowest BCUT2D eigenvalue weighted by molar-refractivity contribution is -0.138. The summed E-state index contributed by atoms with van der Waals surface area (Å²) in [5, 5.41) is 0. The highest BCUT2D eigenvalue weighted by Crippen LogP contribution is 2.14. The predicted molar refractivity (Wildman–Crippen MR) is 57.4 cm³/mol. The van der Waals surface area contributed by atoms with Gasteiger partial charge in [0.05, 0.1) is 14.2 Å². The van der Waals surface area contributed by atoms with E-state index in [1.807, 2.05) is 0 Å². The lowest BCUT2D eigenvalue weighted by Gasteiger charge is -2.01. The fourth-order valence-electron chi connectivity index (χ4n) is 1.03. The minimum Gasteiger partial charge on any atom is -0.497 e. The van der Waals surface area contributed by atoms with Gasteiger partial charge in [-0.2, -0.15) is 0 Å².